The molecule has 6 nitrogen and oxygen atoms in total. The molecule has 1 aromatic heterocycles. The van der Waals surface area contributed by atoms with Gasteiger partial charge in [-0.1, -0.05) is 6.07 Å². The maximum atomic E-state index is 10.5. The van der Waals surface area contributed by atoms with E-state index < -0.39 is 0 Å². The summed E-state index contributed by atoms with van der Waals surface area (Å²) in [6, 6.07) is 14.2. The van der Waals surface area contributed by atoms with Crippen LogP contribution in [0.5, 0.6) is 23.0 Å². The normalized spacial score (nSPS) is 18.8. The molecule has 2 aliphatic rings. The number of benzene rings is 2. The molecule has 0 bridgehead atoms. The fourth-order valence-electron chi connectivity index (χ4n) is 5.17. The van der Waals surface area contributed by atoms with Gasteiger partial charge in [0, 0.05) is 59.0 Å². The van der Waals surface area contributed by atoms with E-state index in [1.807, 2.05) is 12.1 Å². The Morgan fingerprint density at radius 2 is 2.03 bits per heavy atom. The Kier molecular flexibility index (Phi) is 7.70. The van der Waals surface area contributed by atoms with E-state index in [2.05, 4.69) is 48.0 Å². The Morgan fingerprint density at radius 3 is 2.78 bits per heavy atom. The quantitative estimate of drug-likeness (QED) is 0.451. The number of phenolic OH excluding ortho intramolecular Hbond substituents is 1. The predicted molar refractivity (Wildman–Crippen MR) is 144 cm³/mol. The van der Waals surface area contributed by atoms with Gasteiger partial charge in [0.15, 0.2) is 11.5 Å². The van der Waals surface area contributed by atoms with Crippen LogP contribution < -0.4 is 14.2 Å². The molecule has 3 aromatic rings. The third kappa shape index (κ3) is 5.80. The Hall–Kier alpha value is -2.74. The first kappa shape index (κ1) is 24.9. The highest BCUT2D eigenvalue weighted by Gasteiger charge is 2.24. The zero-order valence-electron chi connectivity index (χ0n) is 21.5. The predicted octanol–water partition coefficient (Wildman–Crippen LogP) is 5.55. The van der Waals surface area contributed by atoms with Crippen LogP contribution in [0.1, 0.15) is 28.8 Å². The summed E-state index contributed by atoms with van der Waals surface area (Å²) in [6.07, 6.45) is 2.43. The molecule has 0 spiro atoms. The maximum Gasteiger partial charge on any atom is 0.165 e. The van der Waals surface area contributed by atoms with Gasteiger partial charge in [0.25, 0.3) is 0 Å². The van der Waals surface area contributed by atoms with Crippen molar-refractivity contribution >= 4 is 11.3 Å². The summed E-state index contributed by atoms with van der Waals surface area (Å²) in [5.41, 5.74) is 3.17. The molecule has 36 heavy (non-hydrogen) atoms. The Labute approximate surface area is 218 Å². The highest BCUT2D eigenvalue weighted by atomic mass is 32.1. The van der Waals surface area contributed by atoms with E-state index in [0.29, 0.717) is 31.4 Å². The fraction of sp³-hybridized carbons (Fsp3) is 0.448. The van der Waals surface area contributed by atoms with Crippen molar-refractivity contribution in [3.8, 4) is 33.4 Å². The lowest BCUT2D eigenvalue weighted by atomic mass is 9.99. The van der Waals surface area contributed by atoms with E-state index in [0.717, 1.165) is 42.3 Å². The number of fused-ring (bicyclic) bond motifs is 1. The van der Waals surface area contributed by atoms with E-state index in [-0.39, 0.29) is 5.75 Å². The molecule has 7 heteroatoms. The van der Waals surface area contributed by atoms with E-state index >= 15 is 0 Å². The number of phenols is 1. The third-order valence-corrected chi connectivity index (χ3v) is 8.14. The van der Waals surface area contributed by atoms with Crippen molar-refractivity contribution in [1.29, 1.82) is 0 Å². The molecule has 1 N–H and O–H groups in total. The van der Waals surface area contributed by atoms with Crippen LogP contribution in [0.2, 0.25) is 0 Å². The molecular weight excluding hydrogens is 472 g/mol. The number of hydrogen-bond acceptors (Lipinski definition) is 7. The second-order valence-corrected chi connectivity index (χ2v) is 11.3. The highest BCUT2D eigenvalue weighted by molar-refractivity contribution is 7.15. The molecule has 1 fully saturated rings. The molecule has 1 atom stereocenters. The summed E-state index contributed by atoms with van der Waals surface area (Å²) in [5.74, 6) is 3.15. The fourth-order valence-corrected chi connectivity index (χ4v) is 6.03. The number of hydrogen-bond donors (Lipinski definition) is 1. The minimum atomic E-state index is 0.254. The minimum absolute atomic E-state index is 0.254. The van der Waals surface area contributed by atoms with Crippen molar-refractivity contribution in [2.45, 2.75) is 32.9 Å². The van der Waals surface area contributed by atoms with Crippen LogP contribution in [0.3, 0.4) is 0 Å². The van der Waals surface area contributed by atoms with Gasteiger partial charge >= 0.3 is 0 Å². The van der Waals surface area contributed by atoms with Gasteiger partial charge in [-0.15, -0.1) is 11.3 Å². The molecule has 2 aliphatic heterocycles. The second kappa shape index (κ2) is 11.1. The third-order valence-electron chi connectivity index (χ3n) is 7.09. The minimum Gasteiger partial charge on any atom is -0.507 e. The summed E-state index contributed by atoms with van der Waals surface area (Å²) < 4.78 is 18.1. The van der Waals surface area contributed by atoms with Gasteiger partial charge < -0.3 is 24.2 Å². The van der Waals surface area contributed by atoms with E-state index in [4.69, 9.17) is 14.2 Å². The van der Waals surface area contributed by atoms with Crippen molar-refractivity contribution in [3.05, 3.63) is 58.5 Å². The Morgan fingerprint density at radius 1 is 1.14 bits per heavy atom. The lowest BCUT2D eigenvalue weighted by Gasteiger charge is -2.29. The molecular formula is C29H36N2O4S. The number of thiophene rings is 1. The number of ether oxygens (including phenoxy) is 3. The van der Waals surface area contributed by atoms with Gasteiger partial charge in [-0.2, -0.15) is 0 Å². The van der Waals surface area contributed by atoms with Crippen LogP contribution in [0, 0.1) is 12.8 Å². The van der Waals surface area contributed by atoms with Crippen molar-refractivity contribution in [3.63, 3.8) is 0 Å². The van der Waals surface area contributed by atoms with Gasteiger partial charge in [0.2, 0.25) is 0 Å². The number of methoxy groups -OCH3 is 1. The van der Waals surface area contributed by atoms with Gasteiger partial charge in [-0.25, -0.2) is 0 Å². The molecule has 1 saturated heterocycles. The SMILES string of the molecule is COc1ccc(CN2CCOc3c(cc(-c4ccc(C)s4)cc3OCC3CCCN(C)C3)C2)c(O)c1. The van der Waals surface area contributed by atoms with Gasteiger partial charge in [0.05, 0.1) is 13.7 Å². The van der Waals surface area contributed by atoms with Gasteiger partial charge in [0.1, 0.15) is 18.1 Å². The largest absolute Gasteiger partial charge is 0.507 e. The Balaban J connectivity index is 1.41. The lowest BCUT2D eigenvalue weighted by molar-refractivity contribution is 0.146. The molecule has 2 aromatic carbocycles. The maximum absolute atomic E-state index is 10.5. The number of aryl methyl sites for hydroxylation is 1. The second-order valence-electron chi connectivity index (χ2n) is 10.0. The van der Waals surface area contributed by atoms with Gasteiger partial charge in [-0.05, 0) is 69.3 Å². The standard InChI is InChI=1S/C29H36N2O4S/c1-20-6-9-28(36-20)23-13-24-18-31(17-22-7-8-25(33-3)15-26(22)32)11-12-34-29(24)27(14-23)35-19-21-5-4-10-30(2)16-21/h6-9,13-15,21,32H,4-5,10-12,16-19H2,1-3H3. The average Bonchev–Trinajstić information content (AvgIpc) is 3.20. The summed E-state index contributed by atoms with van der Waals surface area (Å²) >= 11 is 1.80. The summed E-state index contributed by atoms with van der Waals surface area (Å²) in [6.45, 7) is 7.78. The summed E-state index contributed by atoms with van der Waals surface area (Å²) in [5, 5.41) is 10.5. The van der Waals surface area contributed by atoms with Crippen LogP contribution in [0.15, 0.2) is 42.5 Å². The molecule has 192 valence electrons. The molecule has 0 aliphatic carbocycles. The topological polar surface area (TPSA) is 54.4 Å². The first-order valence-corrected chi connectivity index (χ1v) is 13.6. The van der Waals surface area contributed by atoms with E-state index in [9.17, 15) is 5.11 Å². The van der Waals surface area contributed by atoms with E-state index in [1.165, 1.54) is 34.7 Å². The number of aromatic hydroxyl groups is 1. The first-order chi connectivity index (χ1) is 17.5. The molecule has 0 amide bonds. The average molecular weight is 509 g/mol. The Bertz CT molecular complexity index is 1190. The molecule has 0 radical (unpaired) electrons. The number of rotatable bonds is 7. The summed E-state index contributed by atoms with van der Waals surface area (Å²) in [4.78, 5) is 7.24. The van der Waals surface area contributed by atoms with Crippen molar-refractivity contribution in [2.24, 2.45) is 5.92 Å². The molecule has 5 rings (SSSR count). The number of likely N-dealkylation sites (tertiary alicyclic amines) is 1. The zero-order chi connectivity index (χ0) is 25.1. The monoisotopic (exact) mass is 508 g/mol. The molecule has 3 heterocycles. The summed E-state index contributed by atoms with van der Waals surface area (Å²) in [7, 11) is 3.80. The van der Waals surface area contributed by atoms with Crippen LogP contribution >= 0.6 is 11.3 Å². The highest BCUT2D eigenvalue weighted by Crippen LogP contribution is 2.41. The lowest BCUT2D eigenvalue weighted by Crippen LogP contribution is -2.34. The van der Waals surface area contributed by atoms with Crippen LogP contribution in [-0.2, 0) is 13.1 Å². The molecule has 0 saturated carbocycles. The first-order valence-electron chi connectivity index (χ1n) is 12.7. The number of piperidine rings is 1. The smallest absolute Gasteiger partial charge is 0.165 e. The number of nitrogens with zero attached hydrogens (tertiary/aromatic N) is 2. The van der Waals surface area contributed by atoms with Crippen LogP contribution in [0.4, 0.5) is 0 Å². The van der Waals surface area contributed by atoms with Crippen molar-refractivity contribution < 1.29 is 19.3 Å². The van der Waals surface area contributed by atoms with Crippen LogP contribution in [0.25, 0.3) is 10.4 Å². The zero-order valence-corrected chi connectivity index (χ0v) is 22.3. The molecule has 1 unspecified atom stereocenters. The van der Waals surface area contributed by atoms with Crippen molar-refractivity contribution in [1.82, 2.24) is 9.80 Å². The van der Waals surface area contributed by atoms with Crippen LogP contribution in [-0.4, -0.2) is 61.9 Å². The van der Waals surface area contributed by atoms with Gasteiger partial charge in [-0.3, -0.25) is 4.90 Å². The van der Waals surface area contributed by atoms with E-state index in [1.54, 1.807) is 24.5 Å². The van der Waals surface area contributed by atoms with Crippen molar-refractivity contribution in [2.75, 3.05) is 47.0 Å².